The summed E-state index contributed by atoms with van der Waals surface area (Å²) in [6.45, 7) is 6.61. The number of hydrogen-bond acceptors (Lipinski definition) is 2. The summed E-state index contributed by atoms with van der Waals surface area (Å²) >= 11 is 1.75. The molecular weight excluding hydrogens is 250 g/mol. The van der Waals surface area contributed by atoms with E-state index in [0.29, 0.717) is 5.57 Å². The average molecular weight is 267 g/mol. The first-order chi connectivity index (χ1) is 9.00. The predicted molar refractivity (Wildman–Crippen MR) is 82.9 cm³/mol. The third kappa shape index (κ3) is 3.33. The Morgan fingerprint density at radius 2 is 1.79 bits per heavy atom. The van der Waals surface area contributed by atoms with Crippen molar-refractivity contribution >= 4 is 23.0 Å². The maximum atomic E-state index is 9.29. The largest absolute Gasteiger partial charge is 0.192 e. The van der Waals surface area contributed by atoms with Gasteiger partial charge in [0.05, 0.1) is 11.6 Å². The molecule has 1 heterocycles. The minimum absolute atomic E-state index is 0.163. The average Bonchev–Trinajstić information content (AvgIpc) is 2.85. The van der Waals surface area contributed by atoms with Crippen molar-refractivity contribution in [3.05, 3.63) is 57.8 Å². The molecule has 0 saturated carbocycles. The van der Waals surface area contributed by atoms with Gasteiger partial charge in [-0.3, -0.25) is 0 Å². The molecule has 0 unspecified atom stereocenters. The molecule has 1 aromatic carbocycles. The zero-order valence-corrected chi connectivity index (χ0v) is 12.3. The molecule has 19 heavy (non-hydrogen) atoms. The third-order valence-corrected chi connectivity index (χ3v) is 4.32. The zero-order chi connectivity index (χ0) is 13.9. The maximum absolute atomic E-state index is 9.29. The van der Waals surface area contributed by atoms with Crippen molar-refractivity contribution in [2.24, 2.45) is 0 Å². The van der Waals surface area contributed by atoms with Crippen LogP contribution in [0.5, 0.6) is 0 Å². The van der Waals surface area contributed by atoms with Crippen LogP contribution >= 0.6 is 11.3 Å². The molecule has 0 bridgehead atoms. The zero-order valence-electron chi connectivity index (χ0n) is 11.5. The molecule has 1 nitrogen and oxygen atoms in total. The van der Waals surface area contributed by atoms with E-state index in [1.165, 1.54) is 4.88 Å². The highest BCUT2D eigenvalue weighted by Crippen LogP contribution is 2.31. The summed E-state index contributed by atoms with van der Waals surface area (Å²) in [6, 6.07) is 16.3. The van der Waals surface area contributed by atoms with E-state index in [1.54, 1.807) is 11.3 Å². The lowest BCUT2D eigenvalue weighted by molar-refractivity contribution is 0.604. The fourth-order valence-corrected chi connectivity index (χ4v) is 2.78. The SMILES string of the molecule is CC(C)(C)c1ccc(/C=C(\C#N)c2ccccc2)s1. The van der Waals surface area contributed by atoms with Crippen LogP contribution in [0.25, 0.3) is 11.6 Å². The van der Waals surface area contributed by atoms with E-state index >= 15 is 0 Å². The Labute approximate surface area is 118 Å². The summed E-state index contributed by atoms with van der Waals surface area (Å²) in [6.07, 6.45) is 1.97. The number of hydrogen-bond donors (Lipinski definition) is 0. The second-order valence-electron chi connectivity index (χ2n) is 5.49. The lowest BCUT2D eigenvalue weighted by Gasteiger charge is -2.15. The highest BCUT2D eigenvalue weighted by atomic mass is 32.1. The highest BCUT2D eigenvalue weighted by Gasteiger charge is 2.15. The van der Waals surface area contributed by atoms with E-state index in [-0.39, 0.29) is 5.41 Å². The molecule has 0 amide bonds. The van der Waals surface area contributed by atoms with Crippen LogP contribution in [-0.2, 0) is 5.41 Å². The summed E-state index contributed by atoms with van der Waals surface area (Å²) in [5.74, 6) is 0. The molecule has 2 aromatic rings. The first-order valence-corrected chi connectivity index (χ1v) is 7.10. The van der Waals surface area contributed by atoms with Gasteiger partial charge in [0.25, 0.3) is 0 Å². The second-order valence-corrected chi connectivity index (χ2v) is 6.60. The first-order valence-electron chi connectivity index (χ1n) is 6.28. The van der Waals surface area contributed by atoms with Gasteiger partial charge in [-0.1, -0.05) is 51.1 Å². The molecule has 0 N–H and O–H groups in total. The highest BCUT2D eigenvalue weighted by molar-refractivity contribution is 7.13. The predicted octanol–water partition coefficient (Wildman–Crippen LogP) is 5.11. The molecule has 0 saturated heterocycles. The van der Waals surface area contributed by atoms with Crippen LogP contribution in [-0.4, -0.2) is 0 Å². The third-order valence-electron chi connectivity index (χ3n) is 2.86. The normalized spacial score (nSPS) is 12.2. The van der Waals surface area contributed by atoms with Crippen LogP contribution in [0.3, 0.4) is 0 Å². The molecule has 0 radical (unpaired) electrons. The summed E-state index contributed by atoms with van der Waals surface area (Å²) < 4.78 is 0. The number of allylic oxidation sites excluding steroid dienone is 1. The topological polar surface area (TPSA) is 23.8 Å². The lowest BCUT2D eigenvalue weighted by Crippen LogP contribution is -2.07. The van der Waals surface area contributed by atoms with Crippen molar-refractivity contribution < 1.29 is 0 Å². The Balaban J connectivity index is 2.35. The van der Waals surface area contributed by atoms with Crippen molar-refractivity contribution in [2.75, 3.05) is 0 Å². The fraction of sp³-hybridized carbons (Fsp3) is 0.235. The monoisotopic (exact) mass is 267 g/mol. The Bertz CT molecular complexity index is 621. The van der Waals surface area contributed by atoms with Crippen LogP contribution in [0.15, 0.2) is 42.5 Å². The van der Waals surface area contributed by atoms with Crippen molar-refractivity contribution in [2.45, 2.75) is 26.2 Å². The van der Waals surface area contributed by atoms with E-state index in [2.05, 4.69) is 39.0 Å². The van der Waals surface area contributed by atoms with E-state index in [0.717, 1.165) is 10.4 Å². The molecule has 2 rings (SSSR count). The van der Waals surface area contributed by atoms with E-state index in [1.807, 2.05) is 36.4 Å². The molecule has 0 aliphatic carbocycles. The molecule has 0 spiro atoms. The molecular formula is C17H17NS. The molecule has 0 fully saturated rings. The van der Waals surface area contributed by atoms with Crippen LogP contribution in [0.1, 0.15) is 36.1 Å². The molecule has 0 atom stereocenters. The van der Waals surface area contributed by atoms with Crippen molar-refractivity contribution in [3.8, 4) is 6.07 Å². The van der Waals surface area contributed by atoms with Crippen molar-refractivity contribution in [1.29, 1.82) is 5.26 Å². The van der Waals surface area contributed by atoms with Gasteiger partial charge in [-0.15, -0.1) is 11.3 Å². The minimum atomic E-state index is 0.163. The first kappa shape index (κ1) is 13.6. The summed E-state index contributed by atoms with van der Waals surface area (Å²) in [4.78, 5) is 2.47. The Kier molecular flexibility index (Phi) is 3.87. The van der Waals surface area contributed by atoms with Gasteiger partial charge >= 0.3 is 0 Å². The van der Waals surface area contributed by atoms with Gasteiger partial charge in [0.2, 0.25) is 0 Å². The quantitative estimate of drug-likeness (QED) is 0.694. The standard InChI is InChI=1S/C17H17NS/c1-17(2,3)16-10-9-15(19-16)11-14(12-18)13-7-5-4-6-8-13/h4-11H,1-3H3/b14-11+. The number of benzene rings is 1. The van der Waals surface area contributed by atoms with Crippen LogP contribution in [0, 0.1) is 11.3 Å². The lowest BCUT2D eigenvalue weighted by atomic mass is 9.95. The maximum Gasteiger partial charge on any atom is 0.0998 e. The van der Waals surface area contributed by atoms with Gasteiger partial charge in [0, 0.05) is 9.75 Å². The van der Waals surface area contributed by atoms with Gasteiger partial charge in [0.15, 0.2) is 0 Å². The van der Waals surface area contributed by atoms with Crippen molar-refractivity contribution in [3.63, 3.8) is 0 Å². The van der Waals surface area contributed by atoms with Gasteiger partial charge in [0.1, 0.15) is 0 Å². The molecule has 2 heteroatoms. The minimum Gasteiger partial charge on any atom is -0.192 e. The summed E-state index contributed by atoms with van der Waals surface area (Å²) in [5, 5.41) is 9.29. The second kappa shape index (κ2) is 5.42. The van der Waals surface area contributed by atoms with Gasteiger partial charge in [-0.25, -0.2) is 0 Å². The number of nitriles is 1. The smallest absolute Gasteiger partial charge is 0.0998 e. The fourth-order valence-electron chi connectivity index (χ4n) is 1.77. The molecule has 96 valence electrons. The Hall–Kier alpha value is -1.85. The number of rotatable bonds is 2. The van der Waals surface area contributed by atoms with E-state index in [9.17, 15) is 5.26 Å². The van der Waals surface area contributed by atoms with E-state index in [4.69, 9.17) is 0 Å². The summed E-state index contributed by atoms with van der Waals surface area (Å²) in [7, 11) is 0. The molecule has 1 aromatic heterocycles. The van der Waals surface area contributed by atoms with Gasteiger partial charge in [-0.05, 0) is 29.2 Å². The Morgan fingerprint density at radius 3 is 2.32 bits per heavy atom. The van der Waals surface area contributed by atoms with Gasteiger partial charge in [-0.2, -0.15) is 5.26 Å². The van der Waals surface area contributed by atoms with Gasteiger partial charge < -0.3 is 0 Å². The molecule has 0 aliphatic heterocycles. The summed E-state index contributed by atoms with van der Waals surface area (Å²) in [5.41, 5.74) is 1.84. The molecule has 0 aliphatic rings. The number of nitrogens with zero attached hydrogens (tertiary/aromatic N) is 1. The van der Waals surface area contributed by atoms with Crippen LogP contribution < -0.4 is 0 Å². The van der Waals surface area contributed by atoms with Crippen LogP contribution in [0.4, 0.5) is 0 Å². The van der Waals surface area contributed by atoms with Crippen LogP contribution in [0.2, 0.25) is 0 Å². The Morgan fingerprint density at radius 1 is 1.11 bits per heavy atom. The number of thiophene rings is 1. The van der Waals surface area contributed by atoms with E-state index < -0.39 is 0 Å². The van der Waals surface area contributed by atoms with Crippen molar-refractivity contribution in [1.82, 2.24) is 0 Å².